The Balaban J connectivity index is 1.88. The zero-order valence-corrected chi connectivity index (χ0v) is 18.8. The number of aryl methyl sites for hydroxylation is 3. The van der Waals surface area contributed by atoms with Crippen molar-refractivity contribution in [2.75, 3.05) is 0 Å². The van der Waals surface area contributed by atoms with Gasteiger partial charge in [-0.2, -0.15) is 0 Å². The number of aliphatic hydroxyl groups excluding tert-OH is 1. The maximum Gasteiger partial charge on any atom is 0.331 e. The fourth-order valence-corrected chi connectivity index (χ4v) is 4.33. The summed E-state index contributed by atoms with van der Waals surface area (Å²) in [6.07, 6.45) is 3.13. The van der Waals surface area contributed by atoms with E-state index < -0.39 is 28.6 Å². The first-order valence-electron chi connectivity index (χ1n) is 10.4. The van der Waals surface area contributed by atoms with E-state index in [-0.39, 0.29) is 29.5 Å². The molecule has 0 atom stereocenters. The van der Waals surface area contributed by atoms with E-state index in [1.54, 1.807) is 32.2 Å². The molecule has 0 bridgehead atoms. The largest absolute Gasteiger partial charge is 0.506 e. The molecular formula is C25H21ClN2O5. The third-order valence-corrected chi connectivity index (χ3v) is 6.12. The molecule has 1 aliphatic carbocycles. The van der Waals surface area contributed by atoms with E-state index in [4.69, 9.17) is 11.6 Å². The molecule has 0 saturated carbocycles. The van der Waals surface area contributed by atoms with E-state index in [9.17, 15) is 24.3 Å². The van der Waals surface area contributed by atoms with Crippen LogP contribution in [0.3, 0.4) is 0 Å². The summed E-state index contributed by atoms with van der Waals surface area (Å²) in [6, 6.07) is 10.2. The predicted octanol–water partition coefficient (Wildman–Crippen LogP) is 3.27. The number of carbonyl (C=O) groups is 2. The third-order valence-electron chi connectivity index (χ3n) is 5.88. The summed E-state index contributed by atoms with van der Waals surface area (Å²) >= 11 is 6.03. The number of aliphatic hydroxyl groups is 1. The van der Waals surface area contributed by atoms with Gasteiger partial charge in [0, 0.05) is 30.6 Å². The van der Waals surface area contributed by atoms with Gasteiger partial charge in [-0.15, -0.1) is 0 Å². The zero-order valence-electron chi connectivity index (χ0n) is 18.1. The molecule has 1 aliphatic rings. The van der Waals surface area contributed by atoms with Gasteiger partial charge in [0.2, 0.25) is 0 Å². The highest BCUT2D eigenvalue weighted by Crippen LogP contribution is 2.27. The van der Waals surface area contributed by atoms with Crippen LogP contribution in [-0.2, 0) is 29.6 Å². The summed E-state index contributed by atoms with van der Waals surface area (Å²) in [6.45, 7) is 1.76. The predicted molar refractivity (Wildman–Crippen MR) is 127 cm³/mol. The Kier molecular flexibility index (Phi) is 5.91. The van der Waals surface area contributed by atoms with Crippen LogP contribution in [-0.4, -0.2) is 25.8 Å². The summed E-state index contributed by atoms with van der Waals surface area (Å²) in [7, 11) is 1.57. The van der Waals surface area contributed by atoms with Crippen LogP contribution in [0.5, 0.6) is 0 Å². The van der Waals surface area contributed by atoms with Crippen molar-refractivity contribution in [3.8, 4) is 0 Å². The van der Waals surface area contributed by atoms with Crippen LogP contribution < -0.4 is 11.2 Å². The van der Waals surface area contributed by atoms with Crippen LogP contribution in [0.1, 0.15) is 23.1 Å². The molecule has 0 amide bonds. The molecule has 1 aromatic heterocycles. The average molecular weight is 465 g/mol. The molecule has 168 valence electrons. The standard InChI is InChI=1S/C25H21ClN2O5/c1-14-17(23(31)22-19(29)7-4-8-20(22)30)9-10-18-21(14)24(32)28(25(33)27(18)2)12-11-15-5-3-6-16(26)13-15/h3-7,9-10,13,31H,8,11-12H2,1-2H3/b23-22+. The molecule has 4 rings (SSSR count). The van der Waals surface area contributed by atoms with Gasteiger partial charge in [-0.25, -0.2) is 4.79 Å². The van der Waals surface area contributed by atoms with E-state index in [2.05, 4.69) is 0 Å². The lowest BCUT2D eigenvalue weighted by atomic mass is 9.92. The van der Waals surface area contributed by atoms with Crippen molar-refractivity contribution in [3.63, 3.8) is 0 Å². The van der Waals surface area contributed by atoms with Gasteiger partial charge in [-0.05, 0) is 54.8 Å². The van der Waals surface area contributed by atoms with Gasteiger partial charge in [0.05, 0.1) is 10.9 Å². The summed E-state index contributed by atoms with van der Waals surface area (Å²) in [5.74, 6) is -1.53. The van der Waals surface area contributed by atoms with Gasteiger partial charge in [-0.3, -0.25) is 23.5 Å². The molecular weight excluding hydrogens is 444 g/mol. The summed E-state index contributed by atoms with van der Waals surface area (Å²) in [4.78, 5) is 50.7. The molecule has 0 aliphatic heterocycles. The van der Waals surface area contributed by atoms with Crippen molar-refractivity contribution in [1.82, 2.24) is 9.13 Å². The third kappa shape index (κ3) is 3.96. The van der Waals surface area contributed by atoms with Gasteiger partial charge >= 0.3 is 5.69 Å². The van der Waals surface area contributed by atoms with Crippen LogP contribution in [0.4, 0.5) is 0 Å². The van der Waals surface area contributed by atoms with Crippen molar-refractivity contribution in [3.05, 3.63) is 96.7 Å². The number of benzene rings is 2. The molecule has 8 heteroatoms. The second-order valence-corrected chi connectivity index (χ2v) is 8.36. The zero-order chi connectivity index (χ0) is 23.9. The summed E-state index contributed by atoms with van der Waals surface area (Å²) in [5.41, 5.74) is 0.582. The van der Waals surface area contributed by atoms with Gasteiger partial charge in [0.25, 0.3) is 5.56 Å². The number of carbonyl (C=O) groups excluding carboxylic acids is 2. The highest BCUT2D eigenvalue weighted by atomic mass is 35.5. The first-order chi connectivity index (χ1) is 15.7. The highest BCUT2D eigenvalue weighted by Gasteiger charge is 2.26. The number of Topliss-reactive ketones (excluding diaryl/α,β-unsaturated/α-hetero) is 1. The summed E-state index contributed by atoms with van der Waals surface area (Å²) < 4.78 is 2.51. The molecule has 7 nitrogen and oxygen atoms in total. The fraction of sp³-hybridized carbons (Fsp3) is 0.200. The van der Waals surface area contributed by atoms with Crippen molar-refractivity contribution >= 4 is 39.8 Å². The number of ketones is 2. The molecule has 0 unspecified atom stereocenters. The van der Waals surface area contributed by atoms with E-state index in [1.165, 1.54) is 28.9 Å². The molecule has 0 spiro atoms. The second-order valence-electron chi connectivity index (χ2n) is 7.93. The monoisotopic (exact) mass is 464 g/mol. The molecule has 1 heterocycles. The highest BCUT2D eigenvalue weighted by molar-refractivity contribution is 6.30. The van der Waals surface area contributed by atoms with Crippen LogP contribution in [0.2, 0.25) is 5.02 Å². The maximum absolute atomic E-state index is 13.4. The van der Waals surface area contributed by atoms with Crippen LogP contribution in [0.15, 0.2) is 63.7 Å². The topological polar surface area (TPSA) is 98.4 Å². The van der Waals surface area contributed by atoms with E-state index in [0.29, 0.717) is 22.5 Å². The first-order valence-corrected chi connectivity index (χ1v) is 10.7. The minimum atomic E-state index is -0.581. The minimum Gasteiger partial charge on any atom is -0.506 e. The Labute approximate surface area is 193 Å². The number of allylic oxidation sites excluding steroid dienone is 3. The van der Waals surface area contributed by atoms with Gasteiger partial charge in [0.1, 0.15) is 11.3 Å². The van der Waals surface area contributed by atoms with Crippen molar-refractivity contribution in [2.24, 2.45) is 7.05 Å². The molecule has 3 aromatic rings. The average Bonchev–Trinajstić information content (AvgIpc) is 2.77. The van der Waals surface area contributed by atoms with Crippen LogP contribution in [0.25, 0.3) is 16.7 Å². The Morgan fingerprint density at radius 2 is 1.88 bits per heavy atom. The lowest BCUT2D eigenvalue weighted by Crippen LogP contribution is -2.40. The minimum absolute atomic E-state index is 0.0164. The maximum atomic E-state index is 13.4. The second kappa shape index (κ2) is 8.67. The smallest absolute Gasteiger partial charge is 0.331 e. The lowest BCUT2D eigenvalue weighted by molar-refractivity contribution is -0.119. The first kappa shape index (κ1) is 22.5. The molecule has 33 heavy (non-hydrogen) atoms. The molecule has 1 N–H and O–H groups in total. The number of fused-ring (bicyclic) bond motifs is 1. The van der Waals surface area contributed by atoms with E-state index in [1.807, 2.05) is 6.07 Å². The van der Waals surface area contributed by atoms with Crippen molar-refractivity contribution < 1.29 is 14.7 Å². The SMILES string of the molecule is Cc1c(/C(O)=C2/C(=O)C=CCC2=O)ccc2c1c(=O)n(CCc1cccc(Cl)c1)c(=O)n2C. The normalized spacial score (nSPS) is 15.4. The van der Waals surface area contributed by atoms with E-state index in [0.717, 1.165) is 10.1 Å². The molecule has 0 radical (unpaired) electrons. The quantitative estimate of drug-likeness (QED) is 0.363. The summed E-state index contributed by atoms with van der Waals surface area (Å²) in [5, 5.41) is 11.6. The Hall–Kier alpha value is -3.71. The number of hydrogen-bond donors (Lipinski definition) is 1. The Morgan fingerprint density at radius 1 is 1.12 bits per heavy atom. The number of rotatable bonds is 4. The lowest BCUT2D eigenvalue weighted by Gasteiger charge is -2.16. The fourth-order valence-electron chi connectivity index (χ4n) is 4.12. The number of nitrogens with zero attached hydrogens (tertiary/aromatic N) is 2. The molecule has 2 aromatic carbocycles. The van der Waals surface area contributed by atoms with Crippen LogP contribution >= 0.6 is 11.6 Å². The number of hydrogen-bond acceptors (Lipinski definition) is 5. The van der Waals surface area contributed by atoms with Gasteiger partial charge in [0.15, 0.2) is 11.6 Å². The molecule has 0 saturated heterocycles. The Bertz CT molecular complexity index is 1510. The van der Waals surface area contributed by atoms with Gasteiger partial charge < -0.3 is 5.11 Å². The Morgan fingerprint density at radius 3 is 2.58 bits per heavy atom. The van der Waals surface area contributed by atoms with Crippen molar-refractivity contribution in [2.45, 2.75) is 26.3 Å². The van der Waals surface area contributed by atoms with Crippen molar-refractivity contribution in [1.29, 1.82) is 0 Å². The number of halogens is 1. The van der Waals surface area contributed by atoms with Crippen LogP contribution in [0, 0.1) is 6.92 Å². The van der Waals surface area contributed by atoms with E-state index >= 15 is 0 Å². The van der Waals surface area contributed by atoms with Gasteiger partial charge in [-0.1, -0.05) is 29.8 Å². The molecule has 0 fully saturated rings. The number of aromatic nitrogens is 2.